The number of nitrogens with one attached hydrogen (secondary N) is 2. The highest BCUT2D eigenvalue weighted by molar-refractivity contribution is 5.74. The first-order valence-corrected chi connectivity index (χ1v) is 11.6. The summed E-state index contributed by atoms with van der Waals surface area (Å²) in [5.41, 5.74) is 2.60. The van der Waals surface area contributed by atoms with Crippen molar-refractivity contribution in [2.24, 2.45) is 7.05 Å². The molecular formula is C22H30N8O2. The molecule has 0 amide bonds. The largest absolute Gasteiger partial charge is 0.354 e. The number of rotatable bonds is 6. The lowest BCUT2D eigenvalue weighted by atomic mass is 9.97. The van der Waals surface area contributed by atoms with Crippen molar-refractivity contribution in [3.63, 3.8) is 0 Å². The standard InChI is InChI=1S/C22H30N8O2/c1-28-20-17(14-24-28)21(32)26-22(25-20)23-13-16-7-4-5-9-29(16)10-11-30-19(31)12-15-6-2-3-8-18(15)27-30/h12,14,16H,2-11,13H2,1H3,(H2,23,25,26,32). The van der Waals surface area contributed by atoms with Crippen molar-refractivity contribution in [2.75, 3.05) is 25.0 Å². The number of anilines is 1. The predicted octanol–water partition coefficient (Wildman–Crippen LogP) is 1.06. The van der Waals surface area contributed by atoms with Crippen LogP contribution < -0.4 is 16.4 Å². The van der Waals surface area contributed by atoms with Crippen LogP contribution >= 0.6 is 0 Å². The van der Waals surface area contributed by atoms with Crippen LogP contribution in [0.2, 0.25) is 0 Å². The first-order valence-electron chi connectivity index (χ1n) is 11.6. The van der Waals surface area contributed by atoms with Crippen LogP contribution in [-0.4, -0.2) is 60.1 Å². The van der Waals surface area contributed by atoms with Gasteiger partial charge in [-0.3, -0.25) is 24.2 Å². The van der Waals surface area contributed by atoms with E-state index in [1.807, 2.05) is 0 Å². The summed E-state index contributed by atoms with van der Waals surface area (Å²) in [5.74, 6) is 0.462. The lowest BCUT2D eigenvalue weighted by Crippen LogP contribution is -2.46. The molecule has 170 valence electrons. The van der Waals surface area contributed by atoms with Gasteiger partial charge in [-0.05, 0) is 50.6 Å². The molecular weight excluding hydrogens is 408 g/mol. The Kier molecular flexibility index (Phi) is 5.77. The quantitative estimate of drug-likeness (QED) is 0.591. The number of aromatic nitrogens is 6. The van der Waals surface area contributed by atoms with Crippen molar-refractivity contribution in [1.82, 2.24) is 34.4 Å². The maximum Gasteiger partial charge on any atom is 0.267 e. The molecule has 4 heterocycles. The van der Waals surface area contributed by atoms with Gasteiger partial charge in [0, 0.05) is 32.2 Å². The van der Waals surface area contributed by atoms with Gasteiger partial charge in [-0.2, -0.15) is 15.2 Å². The minimum absolute atomic E-state index is 0.00332. The van der Waals surface area contributed by atoms with Crippen LogP contribution in [0.1, 0.15) is 43.4 Å². The van der Waals surface area contributed by atoms with Crippen molar-refractivity contribution in [1.29, 1.82) is 0 Å². The maximum atomic E-state index is 12.5. The molecule has 3 aromatic heterocycles. The highest BCUT2D eigenvalue weighted by atomic mass is 16.1. The van der Waals surface area contributed by atoms with E-state index in [2.05, 4.69) is 30.4 Å². The summed E-state index contributed by atoms with van der Waals surface area (Å²) in [7, 11) is 1.78. The lowest BCUT2D eigenvalue weighted by Gasteiger charge is -2.35. The van der Waals surface area contributed by atoms with Gasteiger partial charge in [0.05, 0.1) is 18.4 Å². The van der Waals surface area contributed by atoms with Gasteiger partial charge in [-0.25, -0.2) is 4.68 Å². The minimum Gasteiger partial charge on any atom is -0.354 e. The molecule has 32 heavy (non-hydrogen) atoms. The molecule has 10 heteroatoms. The second kappa shape index (κ2) is 8.85. The summed E-state index contributed by atoms with van der Waals surface area (Å²) in [6.45, 7) is 3.05. The van der Waals surface area contributed by atoms with Crippen molar-refractivity contribution in [2.45, 2.75) is 57.5 Å². The summed E-state index contributed by atoms with van der Waals surface area (Å²) in [6.07, 6.45) is 9.16. The zero-order valence-corrected chi connectivity index (χ0v) is 18.5. The third-order valence-corrected chi connectivity index (χ3v) is 6.73. The zero-order valence-electron chi connectivity index (χ0n) is 18.5. The molecule has 0 radical (unpaired) electrons. The number of aryl methyl sites for hydroxylation is 3. The van der Waals surface area contributed by atoms with E-state index < -0.39 is 0 Å². The molecule has 1 unspecified atom stereocenters. The Bertz CT molecular complexity index is 1230. The van der Waals surface area contributed by atoms with Crippen molar-refractivity contribution < 1.29 is 0 Å². The van der Waals surface area contributed by atoms with E-state index in [0.717, 1.165) is 62.9 Å². The molecule has 1 fully saturated rings. The molecule has 10 nitrogen and oxygen atoms in total. The molecule has 1 aliphatic carbocycles. The predicted molar refractivity (Wildman–Crippen MR) is 122 cm³/mol. The molecule has 0 aromatic carbocycles. The topological polar surface area (TPSA) is 114 Å². The first-order chi connectivity index (χ1) is 15.6. The Labute approximate surface area is 185 Å². The van der Waals surface area contributed by atoms with E-state index in [9.17, 15) is 9.59 Å². The Hall–Kier alpha value is -3.01. The van der Waals surface area contributed by atoms with E-state index in [1.165, 1.54) is 12.6 Å². The average Bonchev–Trinajstić information content (AvgIpc) is 3.18. The number of nitrogens with zero attached hydrogens (tertiary/aromatic N) is 6. The van der Waals surface area contributed by atoms with Gasteiger partial charge in [0.1, 0.15) is 5.39 Å². The first kappa shape index (κ1) is 20.9. The molecule has 5 rings (SSSR count). The monoisotopic (exact) mass is 438 g/mol. The van der Waals surface area contributed by atoms with Gasteiger partial charge in [-0.15, -0.1) is 0 Å². The molecule has 0 spiro atoms. The molecule has 0 saturated carbocycles. The van der Waals surface area contributed by atoms with E-state index in [4.69, 9.17) is 0 Å². The smallest absolute Gasteiger partial charge is 0.267 e. The molecule has 3 aromatic rings. The summed E-state index contributed by atoms with van der Waals surface area (Å²) < 4.78 is 3.24. The van der Waals surface area contributed by atoms with E-state index in [-0.39, 0.29) is 11.1 Å². The molecule has 1 atom stereocenters. The van der Waals surface area contributed by atoms with Crippen LogP contribution in [0.3, 0.4) is 0 Å². The van der Waals surface area contributed by atoms with Crippen molar-refractivity contribution >= 4 is 17.0 Å². The van der Waals surface area contributed by atoms with Crippen molar-refractivity contribution in [3.05, 3.63) is 44.2 Å². The fraction of sp³-hybridized carbons (Fsp3) is 0.591. The Morgan fingerprint density at radius 3 is 2.94 bits per heavy atom. The summed E-state index contributed by atoms with van der Waals surface area (Å²) in [6, 6.07) is 2.09. The minimum atomic E-state index is -0.191. The number of H-pyrrole nitrogens is 1. The van der Waals surface area contributed by atoms with Gasteiger partial charge in [-0.1, -0.05) is 6.42 Å². The number of piperidine rings is 1. The Morgan fingerprint density at radius 1 is 1.16 bits per heavy atom. The second-order valence-corrected chi connectivity index (χ2v) is 8.87. The molecule has 1 saturated heterocycles. The maximum absolute atomic E-state index is 12.5. The van der Waals surface area contributed by atoms with Crippen LogP contribution in [0.4, 0.5) is 5.95 Å². The molecule has 1 aliphatic heterocycles. The van der Waals surface area contributed by atoms with E-state index in [0.29, 0.717) is 36.1 Å². The van der Waals surface area contributed by atoms with Gasteiger partial charge in [0.25, 0.3) is 11.1 Å². The normalized spacial score (nSPS) is 19.2. The number of likely N-dealkylation sites (tertiary alicyclic amines) is 1. The van der Waals surface area contributed by atoms with Crippen LogP contribution in [0.5, 0.6) is 0 Å². The third-order valence-electron chi connectivity index (χ3n) is 6.73. The van der Waals surface area contributed by atoms with Gasteiger partial charge in [0.15, 0.2) is 5.65 Å². The number of fused-ring (bicyclic) bond motifs is 2. The van der Waals surface area contributed by atoms with Gasteiger partial charge < -0.3 is 5.32 Å². The van der Waals surface area contributed by atoms with E-state index in [1.54, 1.807) is 22.5 Å². The summed E-state index contributed by atoms with van der Waals surface area (Å²) in [4.78, 5) is 34.5. The molecule has 2 aliphatic rings. The average molecular weight is 439 g/mol. The zero-order chi connectivity index (χ0) is 22.1. The second-order valence-electron chi connectivity index (χ2n) is 8.87. The van der Waals surface area contributed by atoms with Crippen LogP contribution in [0.15, 0.2) is 21.9 Å². The third kappa shape index (κ3) is 4.19. The highest BCUT2D eigenvalue weighted by Gasteiger charge is 2.23. The van der Waals surface area contributed by atoms with Crippen LogP contribution in [0, 0.1) is 0 Å². The van der Waals surface area contributed by atoms with Gasteiger partial charge in [0.2, 0.25) is 5.95 Å². The van der Waals surface area contributed by atoms with E-state index >= 15 is 0 Å². The molecule has 2 N–H and O–H groups in total. The van der Waals surface area contributed by atoms with Crippen LogP contribution in [-0.2, 0) is 26.4 Å². The lowest BCUT2D eigenvalue weighted by molar-refractivity contribution is 0.147. The SMILES string of the molecule is Cn1ncc2c(=O)[nH]c(NCC3CCCCN3CCn3nc4c(cc3=O)CCCC4)nc21. The van der Waals surface area contributed by atoms with Crippen LogP contribution in [0.25, 0.3) is 11.0 Å². The Morgan fingerprint density at radius 2 is 2.03 bits per heavy atom. The number of hydrogen-bond donors (Lipinski definition) is 2. The number of aromatic amines is 1. The fourth-order valence-corrected chi connectivity index (χ4v) is 4.90. The van der Waals surface area contributed by atoms with Gasteiger partial charge >= 0.3 is 0 Å². The Balaban J connectivity index is 1.25. The highest BCUT2D eigenvalue weighted by Crippen LogP contribution is 2.19. The molecule has 0 bridgehead atoms. The summed E-state index contributed by atoms with van der Waals surface area (Å²) in [5, 5.41) is 12.6. The van der Waals surface area contributed by atoms with Crippen molar-refractivity contribution in [3.8, 4) is 0 Å². The fourth-order valence-electron chi connectivity index (χ4n) is 4.90. The number of hydrogen-bond acceptors (Lipinski definition) is 7. The summed E-state index contributed by atoms with van der Waals surface area (Å²) >= 11 is 0.